The molecule has 1 saturated heterocycles. The SMILES string of the molecule is COc1cc(C(=O)NC2CC(N3CCOCC3)C2)ccc1Nc1ncc(C(F)(F)F)c(Nc2ccn3c2C(=O)N(C)CC3)n1. The number of ether oxygens (including phenoxy) is 2. The van der Waals surface area contributed by atoms with Gasteiger partial charge in [0.05, 0.1) is 31.7 Å². The summed E-state index contributed by atoms with van der Waals surface area (Å²) in [5.74, 6) is -0.931. The number of morpholine rings is 1. The van der Waals surface area contributed by atoms with Gasteiger partial charge in [0.2, 0.25) is 5.95 Å². The molecule has 1 aliphatic carbocycles. The number of anilines is 4. The lowest BCUT2D eigenvalue weighted by atomic mass is 9.85. The maximum absolute atomic E-state index is 13.9. The van der Waals surface area contributed by atoms with Crippen LogP contribution in [0.5, 0.6) is 5.75 Å². The van der Waals surface area contributed by atoms with Crippen molar-refractivity contribution in [2.24, 2.45) is 0 Å². The van der Waals surface area contributed by atoms with Crippen LogP contribution in [-0.4, -0.2) is 95.2 Å². The number of carbonyl (C=O) groups is 2. The van der Waals surface area contributed by atoms with E-state index < -0.39 is 17.6 Å². The van der Waals surface area contributed by atoms with Gasteiger partial charge in [0.25, 0.3) is 11.8 Å². The van der Waals surface area contributed by atoms with E-state index in [1.54, 1.807) is 42.1 Å². The summed E-state index contributed by atoms with van der Waals surface area (Å²) in [6.07, 6.45) is -0.684. The minimum Gasteiger partial charge on any atom is -0.495 e. The Labute approximate surface area is 251 Å². The minimum atomic E-state index is -4.75. The van der Waals surface area contributed by atoms with Crippen molar-refractivity contribution in [3.05, 3.63) is 53.5 Å². The first-order valence-electron chi connectivity index (χ1n) is 14.3. The molecule has 234 valence electrons. The Balaban J connectivity index is 1.17. The molecule has 0 atom stereocenters. The zero-order chi connectivity index (χ0) is 31.0. The van der Waals surface area contributed by atoms with E-state index in [1.165, 1.54) is 12.0 Å². The lowest BCUT2D eigenvalue weighted by molar-refractivity contribution is -0.137. The zero-order valence-electron chi connectivity index (χ0n) is 24.3. The maximum Gasteiger partial charge on any atom is 0.421 e. The molecule has 4 heterocycles. The van der Waals surface area contributed by atoms with Crippen LogP contribution in [0.25, 0.3) is 0 Å². The van der Waals surface area contributed by atoms with E-state index in [4.69, 9.17) is 9.47 Å². The third kappa shape index (κ3) is 6.01. The van der Waals surface area contributed by atoms with Gasteiger partial charge in [-0.05, 0) is 37.1 Å². The summed E-state index contributed by atoms with van der Waals surface area (Å²) in [6.45, 7) is 4.29. The van der Waals surface area contributed by atoms with E-state index in [1.807, 2.05) is 0 Å². The van der Waals surface area contributed by atoms with Gasteiger partial charge in [0.15, 0.2) is 0 Å². The topological polar surface area (TPSA) is 126 Å². The van der Waals surface area contributed by atoms with Gasteiger partial charge in [-0.25, -0.2) is 4.98 Å². The van der Waals surface area contributed by atoms with Crippen molar-refractivity contribution in [1.82, 2.24) is 29.7 Å². The molecule has 0 unspecified atom stereocenters. The highest BCUT2D eigenvalue weighted by Gasteiger charge is 2.37. The number of carbonyl (C=O) groups excluding carboxylic acids is 2. The number of fused-ring (bicyclic) bond motifs is 1. The molecule has 0 radical (unpaired) electrons. The fourth-order valence-electron chi connectivity index (χ4n) is 5.68. The molecule has 2 fully saturated rings. The van der Waals surface area contributed by atoms with E-state index in [0.717, 1.165) is 39.1 Å². The highest BCUT2D eigenvalue weighted by Crippen LogP contribution is 2.37. The molecule has 0 bridgehead atoms. The van der Waals surface area contributed by atoms with Crippen molar-refractivity contribution in [3.63, 3.8) is 0 Å². The number of likely N-dealkylation sites (N-methyl/N-ethyl adjacent to an activating group) is 1. The third-order valence-electron chi connectivity index (χ3n) is 8.26. The van der Waals surface area contributed by atoms with E-state index >= 15 is 0 Å². The first-order chi connectivity index (χ1) is 21.1. The number of hydrogen-bond acceptors (Lipinski definition) is 9. The van der Waals surface area contributed by atoms with E-state index in [-0.39, 0.29) is 40.9 Å². The quantitative estimate of drug-likeness (QED) is 0.350. The van der Waals surface area contributed by atoms with Gasteiger partial charge >= 0.3 is 6.18 Å². The number of nitrogens with one attached hydrogen (secondary N) is 3. The normalized spacial score (nSPS) is 20.5. The number of alkyl halides is 3. The van der Waals surface area contributed by atoms with Gasteiger partial charge in [-0.2, -0.15) is 18.2 Å². The highest BCUT2D eigenvalue weighted by atomic mass is 19.4. The molecule has 3 N–H and O–H groups in total. The fourth-order valence-corrected chi connectivity index (χ4v) is 5.68. The van der Waals surface area contributed by atoms with Gasteiger partial charge in [-0.3, -0.25) is 14.5 Å². The number of amides is 2. The van der Waals surface area contributed by atoms with Gasteiger partial charge < -0.3 is 34.9 Å². The second-order valence-electron chi connectivity index (χ2n) is 11.1. The summed E-state index contributed by atoms with van der Waals surface area (Å²) in [4.78, 5) is 37.6. The van der Waals surface area contributed by atoms with Crippen LogP contribution in [0, 0.1) is 0 Å². The summed E-state index contributed by atoms with van der Waals surface area (Å²) in [6, 6.07) is 6.79. The second-order valence-corrected chi connectivity index (χ2v) is 11.1. The van der Waals surface area contributed by atoms with Crippen LogP contribution in [0.2, 0.25) is 0 Å². The Bertz CT molecular complexity index is 1550. The molecule has 3 aromatic rings. The Morgan fingerprint density at radius 1 is 1.07 bits per heavy atom. The molecule has 15 heteroatoms. The number of aromatic nitrogens is 3. The number of halogens is 3. The molecule has 1 aromatic carbocycles. The Morgan fingerprint density at radius 3 is 2.57 bits per heavy atom. The molecule has 2 aromatic heterocycles. The maximum atomic E-state index is 13.9. The van der Waals surface area contributed by atoms with Crippen molar-refractivity contribution in [2.75, 3.05) is 57.6 Å². The average molecular weight is 615 g/mol. The van der Waals surface area contributed by atoms with Gasteiger partial charge in [-0.1, -0.05) is 0 Å². The van der Waals surface area contributed by atoms with E-state index in [2.05, 4.69) is 30.8 Å². The highest BCUT2D eigenvalue weighted by molar-refractivity contribution is 5.99. The van der Waals surface area contributed by atoms with Gasteiger partial charge in [0, 0.05) is 63.3 Å². The van der Waals surface area contributed by atoms with Crippen LogP contribution >= 0.6 is 0 Å². The largest absolute Gasteiger partial charge is 0.495 e. The summed E-state index contributed by atoms with van der Waals surface area (Å²) in [5.41, 5.74) is 0.0849. The number of rotatable bonds is 8. The Morgan fingerprint density at radius 2 is 1.84 bits per heavy atom. The molecule has 2 amide bonds. The lowest BCUT2D eigenvalue weighted by Gasteiger charge is -2.44. The van der Waals surface area contributed by atoms with Crippen molar-refractivity contribution >= 4 is 35.0 Å². The van der Waals surface area contributed by atoms with Crippen LogP contribution in [0.15, 0.2) is 36.7 Å². The van der Waals surface area contributed by atoms with Gasteiger partial charge in [-0.15, -0.1) is 0 Å². The van der Waals surface area contributed by atoms with Crippen molar-refractivity contribution in [3.8, 4) is 5.75 Å². The van der Waals surface area contributed by atoms with Crippen molar-refractivity contribution in [1.29, 1.82) is 0 Å². The summed E-state index contributed by atoms with van der Waals surface area (Å²) < 4.78 is 54.3. The zero-order valence-corrected chi connectivity index (χ0v) is 24.3. The van der Waals surface area contributed by atoms with Crippen molar-refractivity contribution < 1.29 is 32.2 Å². The predicted octanol–water partition coefficient (Wildman–Crippen LogP) is 3.47. The van der Waals surface area contributed by atoms with Gasteiger partial charge in [0.1, 0.15) is 22.8 Å². The third-order valence-corrected chi connectivity index (χ3v) is 8.26. The van der Waals surface area contributed by atoms with E-state index in [0.29, 0.717) is 36.6 Å². The molecule has 3 aliphatic rings. The number of benzene rings is 1. The number of nitrogens with zero attached hydrogens (tertiary/aromatic N) is 5. The van der Waals surface area contributed by atoms with Crippen LogP contribution in [0.3, 0.4) is 0 Å². The summed E-state index contributed by atoms with van der Waals surface area (Å²) in [7, 11) is 3.06. The Kier molecular flexibility index (Phi) is 8.07. The average Bonchev–Trinajstić information content (AvgIpc) is 3.39. The minimum absolute atomic E-state index is 0.0766. The number of hydrogen-bond donors (Lipinski definition) is 3. The van der Waals surface area contributed by atoms with Crippen LogP contribution in [-0.2, 0) is 17.5 Å². The molecule has 12 nitrogen and oxygen atoms in total. The monoisotopic (exact) mass is 614 g/mol. The second kappa shape index (κ2) is 12.0. The van der Waals surface area contributed by atoms with E-state index in [9.17, 15) is 22.8 Å². The first-order valence-corrected chi connectivity index (χ1v) is 14.3. The first kappa shape index (κ1) is 29.7. The van der Waals surface area contributed by atoms with Crippen LogP contribution in [0.4, 0.5) is 36.3 Å². The molecular formula is C29H33F3N8O4. The summed E-state index contributed by atoms with van der Waals surface area (Å²) >= 11 is 0. The molecule has 0 spiro atoms. The molecule has 6 rings (SSSR count). The molecule has 2 aliphatic heterocycles. The fraction of sp³-hybridized carbons (Fsp3) is 0.448. The lowest BCUT2D eigenvalue weighted by Crippen LogP contribution is -2.56. The van der Waals surface area contributed by atoms with Crippen molar-refractivity contribution in [2.45, 2.75) is 37.6 Å². The standard InChI is InChI=1S/C29H33F3N8O4/c1-38-7-8-40-6-5-22(24(40)27(38)42)35-25-20(29(30,31)32)16-33-28(37-25)36-21-4-3-17(13-23(21)43-2)26(41)34-18-14-19(15-18)39-9-11-44-12-10-39/h3-6,13,16,18-19H,7-12,14-15H2,1-2H3,(H,34,41)(H2,33,35,36,37). The van der Waals surface area contributed by atoms with Crippen LogP contribution < -0.4 is 20.7 Å². The van der Waals surface area contributed by atoms with Crippen LogP contribution in [0.1, 0.15) is 39.3 Å². The smallest absolute Gasteiger partial charge is 0.421 e. The molecule has 44 heavy (non-hydrogen) atoms. The molecular weight excluding hydrogens is 581 g/mol. The summed E-state index contributed by atoms with van der Waals surface area (Å²) in [5, 5.41) is 8.64. The Hall–Kier alpha value is -4.37. The predicted molar refractivity (Wildman–Crippen MR) is 155 cm³/mol. The molecule has 1 saturated carbocycles. The number of methoxy groups -OCH3 is 1.